The Balaban J connectivity index is 1.68. The van der Waals surface area contributed by atoms with E-state index in [4.69, 9.17) is 0 Å². The van der Waals surface area contributed by atoms with Gasteiger partial charge in [-0.2, -0.15) is 0 Å². The highest BCUT2D eigenvalue weighted by Crippen LogP contribution is 2.28. The van der Waals surface area contributed by atoms with E-state index in [9.17, 15) is 5.11 Å². The molecule has 1 saturated heterocycles. The van der Waals surface area contributed by atoms with Crippen LogP contribution >= 0.6 is 0 Å². The summed E-state index contributed by atoms with van der Waals surface area (Å²) < 4.78 is 1.97. The van der Waals surface area contributed by atoms with E-state index in [0.29, 0.717) is 11.3 Å². The van der Waals surface area contributed by atoms with E-state index in [2.05, 4.69) is 38.4 Å². The van der Waals surface area contributed by atoms with Gasteiger partial charge in [0.25, 0.3) is 0 Å². The Morgan fingerprint density at radius 2 is 1.91 bits per heavy atom. The van der Waals surface area contributed by atoms with Gasteiger partial charge in [-0.3, -0.25) is 4.99 Å². The second-order valence-electron chi connectivity index (χ2n) is 8.19. The SMILES string of the molecule is C/C=C/n1cc(-c2ccc(C3=NN=C(N4CCNCC4)CC(CC)=C3)c(O)c2)ccc1=NC. The average Bonchev–Trinajstić information content (AvgIpc) is 3.07. The second-order valence-corrected chi connectivity index (χ2v) is 8.19. The van der Waals surface area contributed by atoms with Gasteiger partial charge in [0.15, 0.2) is 0 Å². The summed E-state index contributed by atoms with van der Waals surface area (Å²) in [6.07, 6.45) is 9.73. The zero-order valence-corrected chi connectivity index (χ0v) is 19.6. The van der Waals surface area contributed by atoms with Gasteiger partial charge in [-0.1, -0.05) is 24.6 Å². The topological polar surface area (TPSA) is 77.5 Å². The number of aromatic hydroxyl groups is 1. The number of pyridine rings is 1. The van der Waals surface area contributed by atoms with Crippen molar-refractivity contribution in [3.05, 3.63) is 65.3 Å². The van der Waals surface area contributed by atoms with Gasteiger partial charge in [0.2, 0.25) is 0 Å². The Morgan fingerprint density at radius 3 is 2.61 bits per heavy atom. The first-order valence-corrected chi connectivity index (χ1v) is 11.5. The number of phenolic OH excluding ortho intramolecular Hbond substituents is 1. The van der Waals surface area contributed by atoms with Crippen LogP contribution in [-0.4, -0.2) is 59.3 Å². The van der Waals surface area contributed by atoms with Crippen LogP contribution in [0.3, 0.4) is 0 Å². The van der Waals surface area contributed by atoms with Crippen LogP contribution in [0.1, 0.15) is 32.3 Å². The molecule has 7 heteroatoms. The van der Waals surface area contributed by atoms with Crippen molar-refractivity contribution in [3.63, 3.8) is 0 Å². The molecule has 2 aliphatic rings. The van der Waals surface area contributed by atoms with E-state index >= 15 is 0 Å². The van der Waals surface area contributed by atoms with Crippen molar-refractivity contribution in [1.29, 1.82) is 0 Å². The fourth-order valence-corrected chi connectivity index (χ4v) is 4.16. The minimum atomic E-state index is 0.195. The molecule has 4 rings (SSSR count). The molecule has 172 valence electrons. The van der Waals surface area contributed by atoms with Crippen LogP contribution in [0.5, 0.6) is 5.75 Å². The van der Waals surface area contributed by atoms with E-state index in [1.165, 1.54) is 5.57 Å². The number of allylic oxidation sites excluding steroid dienone is 2. The third-order valence-corrected chi connectivity index (χ3v) is 6.04. The zero-order valence-electron chi connectivity index (χ0n) is 19.6. The maximum Gasteiger partial charge on any atom is 0.131 e. The van der Waals surface area contributed by atoms with Crippen molar-refractivity contribution in [2.75, 3.05) is 33.2 Å². The number of nitrogens with one attached hydrogen (secondary N) is 1. The summed E-state index contributed by atoms with van der Waals surface area (Å²) in [5.74, 6) is 1.20. The Kier molecular flexibility index (Phi) is 7.19. The number of phenols is 1. The first-order valence-electron chi connectivity index (χ1n) is 11.5. The van der Waals surface area contributed by atoms with Crippen molar-refractivity contribution < 1.29 is 5.11 Å². The van der Waals surface area contributed by atoms with Gasteiger partial charge in [-0.15, -0.1) is 10.2 Å². The number of amidine groups is 1. The first-order chi connectivity index (χ1) is 16.1. The standard InChI is InChI=1S/C26H32N6O/c1-4-12-32-18-21(7-9-25(32)27-3)20-6-8-22(24(33)17-20)23-15-19(5-2)16-26(30-29-23)31-13-10-28-11-14-31/h4,6-9,12,15,17-18,28,33H,5,10-11,13-14,16H2,1-3H3/b12-4+,27-25?. The van der Waals surface area contributed by atoms with Gasteiger partial charge in [-0.25, -0.2) is 0 Å². The normalized spacial score (nSPS) is 17.6. The molecule has 7 nitrogen and oxygen atoms in total. The van der Waals surface area contributed by atoms with Crippen molar-refractivity contribution >= 4 is 17.7 Å². The lowest BCUT2D eigenvalue weighted by Crippen LogP contribution is -2.46. The van der Waals surface area contributed by atoms with E-state index in [1.807, 2.05) is 54.2 Å². The van der Waals surface area contributed by atoms with Crippen LogP contribution in [0.15, 0.2) is 69.4 Å². The molecule has 2 N–H and O–H groups in total. The highest BCUT2D eigenvalue weighted by molar-refractivity contribution is 6.12. The minimum Gasteiger partial charge on any atom is -0.507 e. The van der Waals surface area contributed by atoms with Gasteiger partial charge in [0, 0.05) is 57.6 Å². The smallest absolute Gasteiger partial charge is 0.131 e. The zero-order chi connectivity index (χ0) is 23.2. The Hall–Kier alpha value is -3.45. The number of rotatable bonds is 4. The lowest BCUT2D eigenvalue weighted by atomic mass is 9.99. The van der Waals surface area contributed by atoms with E-state index < -0.39 is 0 Å². The Bertz CT molecular complexity index is 1200. The number of benzene rings is 1. The number of piperazine rings is 1. The van der Waals surface area contributed by atoms with E-state index in [0.717, 1.165) is 61.5 Å². The van der Waals surface area contributed by atoms with Gasteiger partial charge in [0.05, 0.1) is 5.71 Å². The Morgan fingerprint density at radius 1 is 1.12 bits per heavy atom. The molecule has 0 amide bonds. The highest BCUT2D eigenvalue weighted by atomic mass is 16.3. The van der Waals surface area contributed by atoms with Crippen molar-refractivity contribution in [1.82, 2.24) is 14.8 Å². The predicted molar refractivity (Wildman–Crippen MR) is 135 cm³/mol. The maximum atomic E-state index is 10.9. The van der Waals surface area contributed by atoms with Crippen LogP contribution in [0.25, 0.3) is 17.3 Å². The summed E-state index contributed by atoms with van der Waals surface area (Å²) >= 11 is 0. The lowest BCUT2D eigenvalue weighted by Gasteiger charge is -2.29. The van der Waals surface area contributed by atoms with Gasteiger partial charge >= 0.3 is 0 Å². The summed E-state index contributed by atoms with van der Waals surface area (Å²) in [6, 6.07) is 9.72. The van der Waals surface area contributed by atoms with Gasteiger partial charge in [0.1, 0.15) is 17.1 Å². The van der Waals surface area contributed by atoms with Crippen LogP contribution in [0.4, 0.5) is 0 Å². The number of aromatic nitrogens is 1. The number of nitrogens with zero attached hydrogens (tertiary/aromatic N) is 5. The summed E-state index contributed by atoms with van der Waals surface area (Å²) in [5, 5.41) is 23.5. The van der Waals surface area contributed by atoms with Gasteiger partial charge < -0.3 is 19.9 Å². The third kappa shape index (κ3) is 5.14. The van der Waals surface area contributed by atoms with Crippen LogP contribution in [0, 0.1) is 0 Å². The molecule has 2 aromatic rings. The van der Waals surface area contributed by atoms with Crippen LogP contribution in [0.2, 0.25) is 0 Å². The summed E-state index contributed by atoms with van der Waals surface area (Å²) in [5.41, 5.74) is 5.44. The van der Waals surface area contributed by atoms with Gasteiger partial charge in [-0.05, 0) is 54.8 Å². The monoisotopic (exact) mass is 444 g/mol. The molecule has 0 atom stereocenters. The average molecular weight is 445 g/mol. The quantitative estimate of drug-likeness (QED) is 0.756. The van der Waals surface area contributed by atoms with E-state index in [-0.39, 0.29) is 5.75 Å². The van der Waals surface area contributed by atoms with Crippen molar-refractivity contribution in [3.8, 4) is 16.9 Å². The fraction of sp³-hybridized carbons (Fsp3) is 0.346. The van der Waals surface area contributed by atoms with Crippen molar-refractivity contribution in [2.24, 2.45) is 15.2 Å². The molecule has 2 aliphatic heterocycles. The molecule has 0 bridgehead atoms. The molecular weight excluding hydrogens is 412 g/mol. The largest absolute Gasteiger partial charge is 0.507 e. The number of hydrogen-bond donors (Lipinski definition) is 2. The van der Waals surface area contributed by atoms with Crippen LogP contribution in [-0.2, 0) is 0 Å². The molecule has 0 radical (unpaired) electrons. The first kappa shape index (κ1) is 22.7. The maximum absolute atomic E-state index is 10.9. The summed E-state index contributed by atoms with van der Waals surface area (Å²) in [6.45, 7) is 7.94. The van der Waals surface area contributed by atoms with Crippen LogP contribution < -0.4 is 10.8 Å². The van der Waals surface area contributed by atoms with Crippen molar-refractivity contribution in [2.45, 2.75) is 26.7 Å². The second kappa shape index (κ2) is 10.4. The van der Waals surface area contributed by atoms with E-state index in [1.54, 1.807) is 13.1 Å². The summed E-state index contributed by atoms with van der Waals surface area (Å²) in [7, 11) is 1.78. The molecule has 0 aliphatic carbocycles. The lowest BCUT2D eigenvalue weighted by molar-refractivity contribution is 0.352. The third-order valence-electron chi connectivity index (χ3n) is 6.04. The number of hydrogen-bond acceptors (Lipinski definition) is 6. The molecule has 1 fully saturated rings. The molecule has 3 heterocycles. The summed E-state index contributed by atoms with van der Waals surface area (Å²) in [4.78, 5) is 6.61. The molecule has 1 aromatic heterocycles. The molecular formula is C26H32N6O. The molecule has 0 unspecified atom stereocenters. The molecule has 1 aromatic carbocycles. The predicted octanol–water partition coefficient (Wildman–Crippen LogP) is 3.63. The fourth-order valence-electron chi connectivity index (χ4n) is 4.16. The Labute approximate surface area is 195 Å². The molecule has 0 saturated carbocycles. The minimum absolute atomic E-state index is 0.195. The molecule has 33 heavy (non-hydrogen) atoms. The molecule has 0 spiro atoms. The highest BCUT2D eigenvalue weighted by Gasteiger charge is 2.19.